The van der Waals surface area contributed by atoms with Crippen LogP contribution in [0.2, 0.25) is 0 Å². The molecule has 1 amide bonds. The van der Waals surface area contributed by atoms with Crippen LogP contribution in [0.1, 0.15) is 28.8 Å². The molecule has 0 bridgehead atoms. The van der Waals surface area contributed by atoms with E-state index in [0.29, 0.717) is 37.2 Å². The van der Waals surface area contributed by atoms with E-state index in [1.807, 2.05) is 43.4 Å². The summed E-state index contributed by atoms with van der Waals surface area (Å²) in [5.74, 6) is -0.0463. The van der Waals surface area contributed by atoms with E-state index in [1.54, 1.807) is 13.8 Å². The second-order valence-corrected chi connectivity index (χ2v) is 6.28. The van der Waals surface area contributed by atoms with Crippen LogP contribution in [-0.2, 0) is 11.2 Å². The SMILES string of the molecule is Cc1[nH]c(=O)c(C#N)c(C)c1CCC(=O)NCCN(C)c1ccccc1. The van der Waals surface area contributed by atoms with E-state index < -0.39 is 0 Å². The highest BCUT2D eigenvalue weighted by atomic mass is 16.1. The maximum atomic E-state index is 12.1. The molecule has 1 aromatic carbocycles. The van der Waals surface area contributed by atoms with Crippen molar-refractivity contribution in [1.29, 1.82) is 5.26 Å². The third-order valence-corrected chi connectivity index (χ3v) is 4.49. The van der Waals surface area contributed by atoms with Gasteiger partial charge in [-0.3, -0.25) is 9.59 Å². The fraction of sp³-hybridized carbons (Fsp3) is 0.350. The number of rotatable bonds is 7. The van der Waals surface area contributed by atoms with Crippen LogP contribution in [-0.4, -0.2) is 31.0 Å². The third kappa shape index (κ3) is 4.73. The first-order valence-corrected chi connectivity index (χ1v) is 8.59. The lowest BCUT2D eigenvalue weighted by molar-refractivity contribution is -0.120. The molecule has 2 aromatic rings. The number of aromatic nitrogens is 1. The van der Waals surface area contributed by atoms with Crippen LogP contribution < -0.4 is 15.8 Å². The lowest BCUT2D eigenvalue weighted by atomic mass is 9.99. The Kier molecular flexibility index (Phi) is 6.56. The molecule has 0 fully saturated rings. The molecule has 2 rings (SSSR count). The van der Waals surface area contributed by atoms with Crippen molar-refractivity contribution in [2.75, 3.05) is 25.0 Å². The first kappa shape index (κ1) is 19.3. The Balaban J connectivity index is 1.86. The standard InChI is InChI=1S/C20H24N4O2/c1-14-17(15(2)23-20(26)18(14)13-21)9-10-19(25)22-11-12-24(3)16-7-5-4-6-8-16/h4-8H,9-12H2,1-3H3,(H,22,25)(H,23,26). The number of nitrogens with one attached hydrogen (secondary N) is 2. The molecule has 1 aromatic heterocycles. The van der Waals surface area contributed by atoms with E-state index in [2.05, 4.69) is 15.2 Å². The number of carbonyl (C=O) groups is 1. The largest absolute Gasteiger partial charge is 0.373 e. The number of nitriles is 1. The van der Waals surface area contributed by atoms with Crippen molar-refractivity contribution in [3.63, 3.8) is 0 Å². The highest BCUT2D eigenvalue weighted by Crippen LogP contribution is 2.15. The second kappa shape index (κ2) is 8.86. The number of aryl methyl sites for hydroxylation is 1. The Morgan fingerprint density at radius 3 is 2.62 bits per heavy atom. The van der Waals surface area contributed by atoms with Crippen molar-refractivity contribution in [1.82, 2.24) is 10.3 Å². The van der Waals surface area contributed by atoms with Gasteiger partial charge in [0.1, 0.15) is 11.6 Å². The number of hydrogen-bond acceptors (Lipinski definition) is 4. The summed E-state index contributed by atoms with van der Waals surface area (Å²) in [6.45, 7) is 4.81. The second-order valence-electron chi connectivity index (χ2n) is 6.28. The summed E-state index contributed by atoms with van der Waals surface area (Å²) in [5, 5.41) is 12.0. The van der Waals surface area contributed by atoms with Gasteiger partial charge in [-0.2, -0.15) is 5.26 Å². The quantitative estimate of drug-likeness (QED) is 0.798. The first-order valence-electron chi connectivity index (χ1n) is 8.59. The molecular formula is C20H24N4O2. The number of aromatic amines is 1. The fourth-order valence-electron chi connectivity index (χ4n) is 2.92. The van der Waals surface area contributed by atoms with E-state index in [-0.39, 0.29) is 17.0 Å². The number of carbonyl (C=O) groups excluding carboxylic acids is 1. The number of para-hydroxylation sites is 1. The minimum Gasteiger partial charge on any atom is -0.373 e. The van der Waals surface area contributed by atoms with Gasteiger partial charge in [-0.25, -0.2) is 0 Å². The van der Waals surface area contributed by atoms with Crippen molar-refractivity contribution in [2.24, 2.45) is 0 Å². The van der Waals surface area contributed by atoms with Gasteiger partial charge in [0.15, 0.2) is 0 Å². The van der Waals surface area contributed by atoms with Crippen molar-refractivity contribution in [2.45, 2.75) is 26.7 Å². The highest BCUT2D eigenvalue weighted by Gasteiger charge is 2.13. The number of H-pyrrole nitrogens is 1. The summed E-state index contributed by atoms with van der Waals surface area (Å²) in [5.41, 5.74) is 3.08. The number of hydrogen-bond donors (Lipinski definition) is 2. The average Bonchev–Trinajstić information content (AvgIpc) is 2.62. The van der Waals surface area contributed by atoms with Crippen LogP contribution in [0.15, 0.2) is 35.1 Å². The van der Waals surface area contributed by atoms with Gasteiger partial charge in [0, 0.05) is 37.9 Å². The smallest absolute Gasteiger partial charge is 0.266 e. The molecule has 0 radical (unpaired) electrons. The lowest BCUT2D eigenvalue weighted by Crippen LogP contribution is -2.33. The van der Waals surface area contributed by atoms with Crippen LogP contribution in [0, 0.1) is 25.2 Å². The molecule has 6 nitrogen and oxygen atoms in total. The molecule has 0 atom stereocenters. The monoisotopic (exact) mass is 352 g/mol. The van der Waals surface area contributed by atoms with Gasteiger partial charge in [0.25, 0.3) is 5.56 Å². The maximum absolute atomic E-state index is 12.1. The molecule has 0 saturated heterocycles. The Morgan fingerprint density at radius 1 is 1.27 bits per heavy atom. The first-order chi connectivity index (χ1) is 12.4. The molecule has 26 heavy (non-hydrogen) atoms. The molecular weight excluding hydrogens is 328 g/mol. The summed E-state index contributed by atoms with van der Waals surface area (Å²) in [6, 6.07) is 11.9. The predicted octanol–water partition coefficient (Wildman–Crippen LogP) is 2.05. The van der Waals surface area contributed by atoms with Gasteiger partial charge in [0.2, 0.25) is 5.91 Å². The highest BCUT2D eigenvalue weighted by molar-refractivity contribution is 5.76. The van der Waals surface area contributed by atoms with Crippen LogP contribution in [0.25, 0.3) is 0 Å². The Morgan fingerprint density at radius 2 is 1.96 bits per heavy atom. The van der Waals surface area contributed by atoms with Gasteiger partial charge < -0.3 is 15.2 Å². The van der Waals surface area contributed by atoms with Crippen molar-refractivity contribution in [3.05, 3.63) is 63.1 Å². The molecule has 0 spiro atoms. The van der Waals surface area contributed by atoms with Gasteiger partial charge in [-0.15, -0.1) is 0 Å². The van der Waals surface area contributed by atoms with Gasteiger partial charge in [-0.1, -0.05) is 18.2 Å². The van der Waals surface area contributed by atoms with Crippen LogP contribution in [0.5, 0.6) is 0 Å². The van der Waals surface area contributed by atoms with E-state index in [4.69, 9.17) is 5.26 Å². The number of nitrogens with zero attached hydrogens (tertiary/aromatic N) is 2. The van der Waals surface area contributed by atoms with E-state index in [9.17, 15) is 9.59 Å². The van der Waals surface area contributed by atoms with Crippen molar-refractivity contribution >= 4 is 11.6 Å². The topological polar surface area (TPSA) is 89.0 Å². The molecule has 0 aliphatic carbocycles. The van der Waals surface area contributed by atoms with Crippen molar-refractivity contribution in [3.8, 4) is 6.07 Å². The third-order valence-electron chi connectivity index (χ3n) is 4.49. The molecule has 6 heteroatoms. The van der Waals surface area contributed by atoms with Crippen LogP contribution in [0.4, 0.5) is 5.69 Å². The van der Waals surface area contributed by atoms with Crippen LogP contribution >= 0.6 is 0 Å². The molecule has 0 aliphatic rings. The summed E-state index contributed by atoms with van der Waals surface area (Å²) in [7, 11) is 1.98. The molecule has 1 heterocycles. The molecule has 0 unspecified atom stereocenters. The minimum absolute atomic E-state index is 0.0463. The number of benzene rings is 1. The predicted molar refractivity (Wildman–Crippen MR) is 102 cm³/mol. The van der Waals surface area contributed by atoms with Crippen LogP contribution in [0.3, 0.4) is 0 Å². The zero-order valence-corrected chi connectivity index (χ0v) is 15.4. The molecule has 136 valence electrons. The summed E-state index contributed by atoms with van der Waals surface area (Å²) >= 11 is 0. The normalized spacial score (nSPS) is 10.2. The van der Waals surface area contributed by atoms with E-state index in [1.165, 1.54) is 0 Å². The Bertz CT molecular complexity index is 866. The maximum Gasteiger partial charge on any atom is 0.266 e. The Labute approximate surface area is 153 Å². The van der Waals surface area contributed by atoms with Gasteiger partial charge in [0.05, 0.1) is 0 Å². The molecule has 0 aliphatic heterocycles. The zero-order chi connectivity index (χ0) is 19.1. The molecule has 2 N–H and O–H groups in total. The van der Waals surface area contributed by atoms with Crippen molar-refractivity contribution < 1.29 is 4.79 Å². The number of likely N-dealkylation sites (N-methyl/N-ethyl adjacent to an activating group) is 1. The number of anilines is 1. The summed E-state index contributed by atoms with van der Waals surface area (Å²) in [6.07, 6.45) is 0.803. The van der Waals surface area contributed by atoms with Gasteiger partial charge >= 0.3 is 0 Å². The number of pyridine rings is 1. The zero-order valence-electron chi connectivity index (χ0n) is 15.4. The fourth-order valence-corrected chi connectivity index (χ4v) is 2.92. The summed E-state index contributed by atoms with van der Waals surface area (Å²) < 4.78 is 0. The minimum atomic E-state index is -0.375. The molecule has 0 saturated carbocycles. The lowest BCUT2D eigenvalue weighted by Gasteiger charge is -2.19. The summed E-state index contributed by atoms with van der Waals surface area (Å²) in [4.78, 5) is 28.6. The Hall–Kier alpha value is -3.07. The number of amides is 1. The van der Waals surface area contributed by atoms with E-state index >= 15 is 0 Å². The van der Waals surface area contributed by atoms with E-state index in [0.717, 1.165) is 11.3 Å². The van der Waals surface area contributed by atoms with Gasteiger partial charge in [-0.05, 0) is 43.5 Å². The average molecular weight is 352 g/mol.